The first-order valence-electron chi connectivity index (χ1n) is 16.2. The van der Waals surface area contributed by atoms with Crippen LogP contribution in [0, 0.1) is 13.8 Å². The molecular weight excluding hydrogens is 624 g/mol. The van der Waals surface area contributed by atoms with Crippen molar-refractivity contribution in [3.8, 4) is 34.1 Å². The molecule has 0 radical (unpaired) electrons. The Hall–Kier alpha value is -5.22. The molecule has 0 bridgehead atoms. The largest absolute Gasteiger partial charge is 0.491 e. The average Bonchev–Trinajstić information content (AvgIpc) is 3.14. The van der Waals surface area contributed by atoms with Gasteiger partial charge in [-0.1, -0.05) is 24.3 Å². The molecule has 2 aromatic heterocycles. The first-order valence-corrected chi connectivity index (χ1v) is 16.2. The maximum absolute atomic E-state index is 12.7. The van der Waals surface area contributed by atoms with E-state index in [4.69, 9.17) is 32.5 Å². The zero-order valence-electron chi connectivity index (χ0n) is 27.6. The van der Waals surface area contributed by atoms with Crippen molar-refractivity contribution in [3.05, 3.63) is 129 Å². The van der Waals surface area contributed by atoms with Gasteiger partial charge < -0.3 is 32.5 Å². The van der Waals surface area contributed by atoms with Crippen molar-refractivity contribution in [1.82, 2.24) is 0 Å². The van der Waals surface area contributed by atoms with E-state index in [1.807, 2.05) is 72.8 Å². The third kappa shape index (κ3) is 8.26. The molecule has 0 amide bonds. The van der Waals surface area contributed by atoms with Crippen LogP contribution >= 0.6 is 0 Å². The summed E-state index contributed by atoms with van der Waals surface area (Å²) in [6.45, 7) is 7.01. The summed E-state index contributed by atoms with van der Waals surface area (Å²) in [4.78, 5) is 25.4. The number of para-hydroxylation sites is 2. The number of hydrogen-bond donors (Lipinski definition) is 0. The van der Waals surface area contributed by atoms with Crippen LogP contribution in [0.5, 0.6) is 11.5 Å². The quantitative estimate of drug-likeness (QED) is 0.0983. The van der Waals surface area contributed by atoms with Gasteiger partial charge in [0.1, 0.15) is 47.4 Å². The van der Waals surface area contributed by atoms with Crippen LogP contribution in [-0.4, -0.2) is 52.9 Å². The topological polar surface area (TPSA) is 107 Å². The molecule has 9 heteroatoms. The van der Waals surface area contributed by atoms with Crippen molar-refractivity contribution in [2.24, 2.45) is 0 Å². The van der Waals surface area contributed by atoms with Gasteiger partial charge in [0.2, 0.25) is 0 Å². The maximum Gasteiger partial charge on any atom is 0.196 e. The van der Waals surface area contributed by atoms with Crippen LogP contribution in [0.2, 0.25) is 0 Å². The molecule has 6 aromatic rings. The molecule has 0 aliphatic carbocycles. The molecule has 0 spiro atoms. The standard InChI is InChI=1S/C40H38O9/c1-27-37(41)33-7-3-5-9-35(33)48-39(27)29-11-15-31(16-12-29)46-25-23-44-21-19-43-20-22-45-24-26-47-32-17-13-30(14-18-32)40-28(2)38(42)34-8-4-6-10-36(34)49-40/h3-18H,19-26H2,1-2H3. The molecule has 252 valence electrons. The summed E-state index contributed by atoms with van der Waals surface area (Å²) in [7, 11) is 0. The SMILES string of the molecule is Cc1c(-c2ccc(OCCOCCOCCOCCOc3ccc(-c4oc5ccccc5c(=O)c4C)cc3)cc2)oc2ccccc2c1=O. The van der Waals surface area contributed by atoms with Crippen molar-refractivity contribution >= 4 is 21.9 Å². The van der Waals surface area contributed by atoms with Crippen LogP contribution in [0.15, 0.2) is 115 Å². The predicted molar refractivity (Wildman–Crippen MR) is 189 cm³/mol. The number of rotatable bonds is 16. The number of fused-ring (bicyclic) bond motifs is 2. The second-order valence-corrected chi connectivity index (χ2v) is 11.3. The lowest BCUT2D eigenvalue weighted by Crippen LogP contribution is -2.14. The van der Waals surface area contributed by atoms with Crippen molar-refractivity contribution in [3.63, 3.8) is 0 Å². The highest BCUT2D eigenvalue weighted by atomic mass is 16.6. The van der Waals surface area contributed by atoms with Gasteiger partial charge in [-0.3, -0.25) is 9.59 Å². The van der Waals surface area contributed by atoms with Gasteiger partial charge in [-0.05, 0) is 86.6 Å². The minimum atomic E-state index is -0.0255. The van der Waals surface area contributed by atoms with E-state index in [1.54, 1.807) is 38.1 Å². The number of benzene rings is 4. The molecule has 0 saturated carbocycles. The molecule has 49 heavy (non-hydrogen) atoms. The molecule has 9 nitrogen and oxygen atoms in total. The minimum Gasteiger partial charge on any atom is -0.491 e. The predicted octanol–water partition coefficient (Wildman–Crippen LogP) is 7.36. The minimum absolute atomic E-state index is 0.0255. The van der Waals surface area contributed by atoms with E-state index in [-0.39, 0.29) is 10.9 Å². The first-order chi connectivity index (χ1) is 24.0. The van der Waals surface area contributed by atoms with E-state index in [1.165, 1.54) is 0 Å². The highest BCUT2D eigenvalue weighted by Crippen LogP contribution is 2.28. The Morgan fingerprint density at radius 2 is 0.796 bits per heavy atom. The van der Waals surface area contributed by atoms with Gasteiger partial charge in [0.05, 0.1) is 50.4 Å². The Labute approximate surface area is 283 Å². The smallest absolute Gasteiger partial charge is 0.196 e. The maximum atomic E-state index is 12.7. The van der Waals surface area contributed by atoms with E-state index >= 15 is 0 Å². The van der Waals surface area contributed by atoms with Gasteiger partial charge in [0.15, 0.2) is 10.9 Å². The Bertz CT molecular complexity index is 1960. The Balaban J connectivity index is 0.810. The van der Waals surface area contributed by atoms with E-state index < -0.39 is 0 Å². The van der Waals surface area contributed by atoms with Crippen LogP contribution in [0.3, 0.4) is 0 Å². The van der Waals surface area contributed by atoms with E-state index in [9.17, 15) is 9.59 Å². The van der Waals surface area contributed by atoms with Crippen molar-refractivity contribution < 1.29 is 32.5 Å². The van der Waals surface area contributed by atoms with Gasteiger partial charge in [0, 0.05) is 22.3 Å². The lowest BCUT2D eigenvalue weighted by Gasteiger charge is -2.10. The molecular formula is C40H38O9. The second-order valence-electron chi connectivity index (χ2n) is 11.3. The van der Waals surface area contributed by atoms with E-state index in [0.29, 0.717) is 109 Å². The number of hydrogen-bond acceptors (Lipinski definition) is 9. The molecule has 0 aliphatic heterocycles. The van der Waals surface area contributed by atoms with Crippen LogP contribution in [0.4, 0.5) is 0 Å². The molecule has 6 rings (SSSR count). The summed E-state index contributed by atoms with van der Waals surface area (Å²) in [5, 5.41) is 1.16. The molecule has 4 aromatic carbocycles. The fourth-order valence-corrected chi connectivity index (χ4v) is 5.40. The van der Waals surface area contributed by atoms with Gasteiger partial charge in [-0.2, -0.15) is 0 Å². The van der Waals surface area contributed by atoms with Crippen LogP contribution in [0.1, 0.15) is 11.1 Å². The summed E-state index contributed by atoms with van der Waals surface area (Å²) in [6, 6.07) is 29.4. The lowest BCUT2D eigenvalue weighted by atomic mass is 10.1. The zero-order valence-corrected chi connectivity index (χ0v) is 27.6. The molecule has 0 unspecified atom stereocenters. The lowest BCUT2D eigenvalue weighted by molar-refractivity contribution is 0.00499. The van der Waals surface area contributed by atoms with Gasteiger partial charge in [-0.25, -0.2) is 0 Å². The third-order valence-electron chi connectivity index (χ3n) is 8.02. The summed E-state index contributed by atoms with van der Waals surface area (Å²) < 4.78 is 40.4. The molecule has 0 atom stereocenters. The van der Waals surface area contributed by atoms with Gasteiger partial charge in [-0.15, -0.1) is 0 Å². The van der Waals surface area contributed by atoms with Crippen LogP contribution in [0.25, 0.3) is 44.6 Å². The fourth-order valence-electron chi connectivity index (χ4n) is 5.40. The Morgan fingerprint density at radius 3 is 1.18 bits per heavy atom. The molecule has 0 aliphatic rings. The Morgan fingerprint density at radius 1 is 0.449 bits per heavy atom. The number of ether oxygens (including phenoxy) is 5. The van der Waals surface area contributed by atoms with Crippen LogP contribution in [-0.2, 0) is 14.2 Å². The first kappa shape index (κ1) is 33.7. The van der Waals surface area contributed by atoms with Crippen molar-refractivity contribution in [1.29, 1.82) is 0 Å². The third-order valence-corrected chi connectivity index (χ3v) is 8.02. The summed E-state index contributed by atoms with van der Waals surface area (Å²) in [6.07, 6.45) is 0. The summed E-state index contributed by atoms with van der Waals surface area (Å²) in [5.41, 5.74) is 3.87. The van der Waals surface area contributed by atoms with Gasteiger partial charge in [0.25, 0.3) is 0 Å². The Kier molecular flexibility index (Phi) is 11.2. The molecule has 2 heterocycles. The van der Waals surface area contributed by atoms with E-state index in [2.05, 4.69) is 0 Å². The van der Waals surface area contributed by atoms with Crippen molar-refractivity contribution in [2.45, 2.75) is 13.8 Å². The van der Waals surface area contributed by atoms with Gasteiger partial charge >= 0.3 is 0 Å². The van der Waals surface area contributed by atoms with E-state index in [0.717, 1.165) is 11.1 Å². The highest BCUT2D eigenvalue weighted by Gasteiger charge is 2.14. The fraction of sp³-hybridized carbons (Fsp3) is 0.250. The summed E-state index contributed by atoms with van der Waals surface area (Å²) >= 11 is 0. The zero-order chi connectivity index (χ0) is 34.0. The second kappa shape index (κ2) is 16.3. The molecule has 0 N–H and O–H groups in total. The molecule has 0 fully saturated rings. The monoisotopic (exact) mass is 662 g/mol. The molecule has 0 saturated heterocycles. The normalized spacial score (nSPS) is 11.3. The summed E-state index contributed by atoms with van der Waals surface area (Å²) in [5.74, 6) is 2.53. The van der Waals surface area contributed by atoms with Crippen LogP contribution < -0.4 is 20.3 Å². The average molecular weight is 663 g/mol. The highest BCUT2D eigenvalue weighted by molar-refractivity contribution is 5.81. The van der Waals surface area contributed by atoms with Crippen molar-refractivity contribution in [2.75, 3.05) is 52.9 Å².